The van der Waals surface area contributed by atoms with Gasteiger partial charge in [0, 0.05) is 98.9 Å². The number of aromatic nitrogens is 2. The van der Waals surface area contributed by atoms with Crippen LogP contribution in [0.3, 0.4) is 0 Å². The van der Waals surface area contributed by atoms with Crippen molar-refractivity contribution < 1.29 is 8.83 Å². The van der Waals surface area contributed by atoms with Gasteiger partial charge < -0.3 is 27.8 Å². The summed E-state index contributed by atoms with van der Waals surface area (Å²) in [7, 11) is 0. The smallest absolute Gasteiger partial charge is 0.143 e. The molecule has 0 aliphatic heterocycles. The zero-order chi connectivity index (χ0) is 74.9. The highest BCUT2D eigenvalue weighted by molar-refractivity contribution is 6.16. The molecule has 23 rings (SSSR count). The largest absolute Gasteiger partial charge is 0.455 e. The van der Waals surface area contributed by atoms with E-state index in [2.05, 4.69) is 419 Å². The van der Waals surface area contributed by atoms with E-state index in [4.69, 9.17) is 8.83 Å². The second kappa shape index (κ2) is 26.2. The van der Waals surface area contributed by atoms with Crippen molar-refractivity contribution >= 4 is 154 Å². The molecular weight excluding hydrogens is 1390 g/mol. The minimum absolute atomic E-state index is 0.885. The Morgan fingerprint density at radius 2 is 0.535 bits per heavy atom. The van der Waals surface area contributed by atoms with Crippen LogP contribution in [0.4, 0.5) is 34.1 Å². The average molecular weight is 1450 g/mol. The maximum Gasteiger partial charge on any atom is 0.143 e. The van der Waals surface area contributed by atoms with Gasteiger partial charge in [-0.25, -0.2) is 0 Å². The van der Waals surface area contributed by atoms with Gasteiger partial charge in [0.05, 0.1) is 50.5 Å². The van der Waals surface area contributed by atoms with E-state index in [1.54, 1.807) is 0 Å². The molecule has 6 nitrogen and oxygen atoms in total. The number of rotatable bonds is 13. The van der Waals surface area contributed by atoms with Crippen LogP contribution in [0, 0.1) is 0 Å². The lowest BCUT2D eigenvalue weighted by Crippen LogP contribution is -2.12. The molecule has 6 heteroatoms. The number of nitrogens with zero attached hydrogens (tertiary/aromatic N) is 4. The summed E-state index contributed by atoms with van der Waals surface area (Å²) in [6.07, 6.45) is 0. The number of para-hydroxylation sites is 10. The summed E-state index contributed by atoms with van der Waals surface area (Å²) in [5.74, 6) is 0. The maximum atomic E-state index is 6.62. The highest BCUT2D eigenvalue weighted by Gasteiger charge is 2.27. The number of fused-ring (bicyclic) bond motifs is 16. The fraction of sp³-hybridized carbons (Fsp3) is 0. The number of anilines is 6. The van der Waals surface area contributed by atoms with Crippen LogP contribution in [0.15, 0.2) is 421 Å². The first-order valence-electron chi connectivity index (χ1n) is 39.0. The first-order chi connectivity index (χ1) is 56.6. The van der Waals surface area contributed by atoms with Crippen molar-refractivity contribution in [1.82, 2.24) is 9.13 Å². The third-order valence-corrected chi connectivity index (χ3v) is 23.5. The van der Waals surface area contributed by atoms with Gasteiger partial charge in [0.15, 0.2) is 0 Å². The molecule has 0 aliphatic rings. The summed E-state index contributed by atoms with van der Waals surface area (Å²) < 4.78 is 18.2. The van der Waals surface area contributed by atoms with E-state index in [-0.39, 0.29) is 0 Å². The molecule has 0 aliphatic carbocycles. The van der Waals surface area contributed by atoms with Crippen molar-refractivity contribution in [2.45, 2.75) is 0 Å². The average Bonchev–Trinajstić information content (AvgIpc) is 1.58. The van der Waals surface area contributed by atoms with Crippen molar-refractivity contribution in [3.63, 3.8) is 0 Å². The molecule has 0 atom stereocenters. The summed E-state index contributed by atoms with van der Waals surface area (Å²) >= 11 is 0. The van der Waals surface area contributed by atoms with Crippen LogP contribution in [0.1, 0.15) is 0 Å². The standard InChI is InChI=1S/C108H68N4O2/c1-3-27-79-70(25-1)50-51-73-56-63-78(68-95(73)79)109(76-59-52-71(53-60-76)81-37-22-39-93-91-35-11-19-48-105(91)113-107(81)93)97-41-13-5-29-83(97)85-31-7-15-43-99(85)111-101-45-17-9-33-87(101)89-64-57-74(66-103(89)111)75-58-65-90-88-34-10-18-46-102(88)112(104(90)67-75)100-44-16-8-32-86(100)84-30-6-14-42-98(84)110(96-47-21-26-69-24-2-4-28-80(69)96)77-61-54-72(55-62-77)82-38-23-40-94-92-36-12-20-49-106(92)114-108(82)94/h1-68H. The van der Waals surface area contributed by atoms with Gasteiger partial charge in [0.2, 0.25) is 0 Å². The molecule has 0 saturated carbocycles. The summed E-state index contributed by atoms with van der Waals surface area (Å²) in [6, 6.07) is 151. The molecule has 0 saturated heterocycles. The predicted molar refractivity (Wildman–Crippen MR) is 479 cm³/mol. The summed E-state index contributed by atoms with van der Waals surface area (Å²) in [4.78, 5) is 4.90. The van der Waals surface area contributed by atoms with E-state index in [1.807, 2.05) is 12.1 Å². The van der Waals surface area contributed by atoms with E-state index in [1.165, 1.54) is 48.5 Å². The molecule has 19 aromatic carbocycles. The Morgan fingerprint density at radius 1 is 0.184 bits per heavy atom. The maximum absolute atomic E-state index is 6.62. The topological polar surface area (TPSA) is 42.6 Å². The molecule has 0 radical (unpaired) electrons. The van der Waals surface area contributed by atoms with E-state index in [0.29, 0.717) is 0 Å². The number of furan rings is 2. The Bertz CT molecular complexity index is 7820. The molecule has 4 heterocycles. The van der Waals surface area contributed by atoms with Gasteiger partial charge in [-0.3, -0.25) is 0 Å². The second-order valence-corrected chi connectivity index (χ2v) is 29.8. The summed E-state index contributed by atoms with van der Waals surface area (Å²) in [5.41, 5.74) is 27.4. The van der Waals surface area contributed by atoms with Crippen LogP contribution in [-0.2, 0) is 0 Å². The minimum atomic E-state index is 0.885. The van der Waals surface area contributed by atoms with Crippen molar-refractivity contribution in [3.8, 4) is 67.0 Å². The zero-order valence-corrected chi connectivity index (χ0v) is 61.9. The van der Waals surface area contributed by atoms with Gasteiger partial charge in [0.25, 0.3) is 0 Å². The number of hydrogen-bond donors (Lipinski definition) is 0. The van der Waals surface area contributed by atoms with Crippen LogP contribution < -0.4 is 9.80 Å². The summed E-state index contributed by atoms with van der Waals surface area (Å²) in [6.45, 7) is 0. The fourth-order valence-electron chi connectivity index (χ4n) is 18.3. The lowest BCUT2D eigenvalue weighted by atomic mass is 9.97. The number of benzene rings is 19. The van der Waals surface area contributed by atoms with Gasteiger partial charge in [-0.1, -0.05) is 309 Å². The molecule has 4 aromatic heterocycles. The highest BCUT2D eigenvalue weighted by atomic mass is 16.3. The molecule has 532 valence electrons. The SMILES string of the molecule is c1ccc(N(c2ccc(-c3cccc4c3oc3ccccc34)cc2)c2ccc3ccc4ccccc4c3c2)c(-c2ccccc2-n2c3ccccc3c3ccc(-c4ccc5c6ccccc6n(-c6ccccc6-c6ccccc6N(c6ccc(-c7cccc8c7oc7ccccc78)cc6)c6cccc7ccccc67)c5c4)cc32)c1. The van der Waals surface area contributed by atoms with Gasteiger partial charge >= 0.3 is 0 Å². The second-order valence-electron chi connectivity index (χ2n) is 29.8. The molecule has 0 fully saturated rings. The highest BCUT2D eigenvalue weighted by Crippen LogP contribution is 2.51. The molecule has 114 heavy (non-hydrogen) atoms. The Hall–Kier alpha value is -15.2. The van der Waals surface area contributed by atoms with Gasteiger partial charge in [0.1, 0.15) is 22.3 Å². The molecule has 0 amide bonds. The summed E-state index contributed by atoms with van der Waals surface area (Å²) in [5, 5.41) is 16.3. The van der Waals surface area contributed by atoms with Crippen molar-refractivity contribution in [2.24, 2.45) is 0 Å². The zero-order valence-electron chi connectivity index (χ0n) is 61.9. The van der Waals surface area contributed by atoms with Crippen molar-refractivity contribution in [2.75, 3.05) is 9.80 Å². The molecular formula is C108H68N4O2. The van der Waals surface area contributed by atoms with Gasteiger partial charge in [-0.15, -0.1) is 0 Å². The lowest BCUT2D eigenvalue weighted by Gasteiger charge is -2.29. The van der Waals surface area contributed by atoms with Gasteiger partial charge in [-0.05, 0) is 152 Å². The Morgan fingerprint density at radius 3 is 1.09 bits per heavy atom. The van der Waals surface area contributed by atoms with E-state index in [9.17, 15) is 0 Å². The molecule has 0 N–H and O–H groups in total. The fourth-order valence-corrected chi connectivity index (χ4v) is 18.3. The first-order valence-corrected chi connectivity index (χ1v) is 39.0. The van der Waals surface area contributed by atoms with Crippen LogP contribution in [0.2, 0.25) is 0 Å². The Kier molecular flexibility index (Phi) is 14.9. The van der Waals surface area contributed by atoms with Crippen LogP contribution >= 0.6 is 0 Å². The first kappa shape index (κ1) is 64.7. The molecule has 0 unspecified atom stereocenters. The van der Waals surface area contributed by atoms with Crippen LogP contribution in [0.5, 0.6) is 0 Å². The van der Waals surface area contributed by atoms with Crippen molar-refractivity contribution in [1.29, 1.82) is 0 Å². The minimum Gasteiger partial charge on any atom is -0.455 e. The van der Waals surface area contributed by atoms with Crippen LogP contribution in [0.25, 0.3) is 187 Å². The van der Waals surface area contributed by atoms with E-state index >= 15 is 0 Å². The lowest BCUT2D eigenvalue weighted by molar-refractivity contribution is 0.669. The Labute approximate surface area is 657 Å². The normalized spacial score (nSPS) is 11.9. The van der Waals surface area contributed by atoms with Crippen molar-refractivity contribution in [3.05, 3.63) is 413 Å². The Balaban J connectivity index is 0.660. The monoisotopic (exact) mass is 1450 g/mol. The molecule has 23 aromatic rings. The van der Waals surface area contributed by atoms with E-state index in [0.717, 1.165) is 172 Å². The quantitative estimate of drug-likeness (QED) is 0.108. The third-order valence-electron chi connectivity index (χ3n) is 23.5. The third kappa shape index (κ3) is 10.4. The van der Waals surface area contributed by atoms with Gasteiger partial charge in [-0.2, -0.15) is 0 Å². The van der Waals surface area contributed by atoms with Crippen LogP contribution in [-0.4, -0.2) is 9.13 Å². The molecule has 0 spiro atoms. The number of hydrogen-bond acceptors (Lipinski definition) is 4. The molecule has 0 bridgehead atoms. The van der Waals surface area contributed by atoms with E-state index < -0.39 is 0 Å². The predicted octanol–water partition coefficient (Wildman–Crippen LogP) is 30.4.